The minimum atomic E-state index is -0.762. The minimum Gasteiger partial charge on any atom is -0.507 e. The van der Waals surface area contributed by atoms with Gasteiger partial charge in [-0.1, -0.05) is 19.4 Å². The molecule has 2 aromatic rings. The SMILES string of the molecule is CCCCOc1ccc([C@@H]2C(=C(O)c3ccc4c(c3)C[C@H](C)O4)C(=O)C(=O)N2CCN(C)C)cc1OCC. The van der Waals surface area contributed by atoms with E-state index in [-0.39, 0.29) is 17.4 Å². The molecule has 2 atom stereocenters. The topological polar surface area (TPSA) is 88.5 Å². The molecule has 8 nitrogen and oxygen atoms in total. The highest BCUT2D eigenvalue weighted by Gasteiger charge is 2.46. The Hall–Kier alpha value is -3.52. The van der Waals surface area contributed by atoms with Gasteiger partial charge in [0.1, 0.15) is 17.6 Å². The van der Waals surface area contributed by atoms with Gasteiger partial charge in [-0.2, -0.15) is 0 Å². The van der Waals surface area contributed by atoms with Crippen molar-refractivity contribution >= 4 is 17.4 Å². The van der Waals surface area contributed by atoms with E-state index in [2.05, 4.69) is 6.92 Å². The molecule has 8 heteroatoms. The molecule has 1 saturated heterocycles. The molecule has 2 heterocycles. The van der Waals surface area contributed by atoms with Crippen LogP contribution < -0.4 is 14.2 Å². The number of aliphatic hydroxyl groups is 1. The zero-order valence-electron chi connectivity index (χ0n) is 23.0. The van der Waals surface area contributed by atoms with Gasteiger partial charge in [-0.05, 0) is 75.8 Å². The quantitative estimate of drug-likeness (QED) is 0.200. The molecule has 2 aliphatic rings. The molecular weight excluding hydrogens is 484 g/mol. The molecular formula is C30H38N2O6. The fourth-order valence-corrected chi connectivity index (χ4v) is 4.90. The predicted octanol–water partition coefficient (Wildman–Crippen LogP) is 4.57. The molecule has 1 N–H and O–H groups in total. The summed E-state index contributed by atoms with van der Waals surface area (Å²) in [5.74, 6) is 0.418. The number of likely N-dealkylation sites (N-methyl/N-ethyl adjacent to an activating group) is 1. The smallest absolute Gasteiger partial charge is 0.295 e. The number of Topliss-reactive ketones (excluding diaryl/α,β-unsaturated/α-hetero) is 1. The first-order valence-electron chi connectivity index (χ1n) is 13.4. The lowest BCUT2D eigenvalue weighted by molar-refractivity contribution is -0.140. The first-order chi connectivity index (χ1) is 18.2. The number of carbonyl (C=O) groups is 2. The second-order valence-corrected chi connectivity index (χ2v) is 10.1. The molecule has 0 aromatic heterocycles. The van der Waals surface area contributed by atoms with E-state index in [1.165, 1.54) is 4.90 Å². The Morgan fingerprint density at radius 3 is 2.61 bits per heavy atom. The molecule has 2 aliphatic heterocycles. The predicted molar refractivity (Wildman–Crippen MR) is 146 cm³/mol. The number of unbranched alkanes of at least 4 members (excludes halogenated alkanes) is 1. The van der Waals surface area contributed by atoms with Crippen LogP contribution in [0.15, 0.2) is 42.0 Å². The molecule has 38 heavy (non-hydrogen) atoms. The van der Waals surface area contributed by atoms with Crippen LogP contribution in [0.3, 0.4) is 0 Å². The largest absolute Gasteiger partial charge is 0.507 e. The summed E-state index contributed by atoms with van der Waals surface area (Å²) >= 11 is 0. The van der Waals surface area contributed by atoms with Crippen LogP contribution in [0.4, 0.5) is 0 Å². The summed E-state index contributed by atoms with van der Waals surface area (Å²) in [6, 6.07) is 10.1. The van der Waals surface area contributed by atoms with Crippen molar-refractivity contribution < 1.29 is 28.9 Å². The maximum absolute atomic E-state index is 13.4. The summed E-state index contributed by atoms with van der Waals surface area (Å²) in [5, 5.41) is 11.5. The van der Waals surface area contributed by atoms with Crippen molar-refractivity contribution in [2.75, 3.05) is 40.4 Å². The van der Waals surface area contributed by atoms with E-state index >= 15 is 0 Å². The Bertz CT molecular complexity index is 1220. The van der Waals surface area contributed by atoms with Crippen molar-refractivity contribution in [3.8, 4) is 17.2 Å². The third-order valence-electron chi connectivity index (χ3n) is 6.84. The van der Waals surface area contributed by atoms with Crippen LogP contribution in [0.2, 0.25) is 0 Å². The van der Waals surface area contributed by atoms with Crippen molar-refractivity contribution in [1.29, 1.82) is 0 Å². The van der Waals surface area contributed by atoms with Gasteiger partial charge in [-0.25, -0.2) is 0 Å². The average molecular weight is 523 g/mol. The number of aliphatic hydroxyl groups excluding tert-OH is 1. The standard InChI is InChI=1S/C30H38N2O6/c1-6-8-15-37-24-12-9-20(18-25(24)36-7-2)27-26(29(34)30(35)32(27)14-13-31(4)5)28(33)21-10-11-23-22(17-21)16-19(3)38-23/h9-12,17-19,27,33H,6-8,13-16H2,1-5H3/t19-,27+/m0/s1. The van der Waals surface area contributed by atoms with E-state index in [4.69, 9.17) is 14.2 Å². The van der Waals surface area contributed by atoms with Gasteiger partial charge in [0.2, 0.25) is 0 Å². The molecule has 0 radical (unpaired) electrons. The summed E-state index contributed by atoms with van der Waals surface area (Å²) in [6.07, 6.45) is 2.70. The second kappa shape index (κ2) is 11.9. The van der Waals surface area contributed by atoms with Gasteiger partial charge in [0.05, 0.1) is 24.8 Å². The third kappa shape index (κ3) is 5.65. The van der Waals surface area contributed by atoms with E-state index < -0.39 is 17.7 Å². The average Bonchev–Trinajstić information content (AvgIpc) is 3.38. The molecule has 0 saturated carbocycles. The Morgan fingerprint density at radius 2 is 1.89 bits per heavy atom. The summed E-state index contributed by atoms with van der Waals surface area (Å²) in [4.78, 5) is 30.1. The van der Waals surface area contributed by atoms with Crippen molar-refractivity contribution in [3.63, 3.8) is 0 Å². The maximum Gasteiger partial charge on any atom is 0.295 e. The van der Waals surface area contributed by atoms with Gasteiger partial charge >= 0.3 is 0 Å². The van der Waals surface area contributed by atoms with Gasteiger partial charge in [0.15, 0.2) is 11.5 Å². The second-order valence-electron chi connectivity index (χ2n) is 10.1. The number of fused-ring (bicyclic) bond motifs is 1. The Balaban J connectivity index is 1.80. The van der Waals surface area contributed by atoms with Gasteiger partial charge in [-0.15, -0.1) is 0 Å². The summed E-state index contributed by atoms with van der Waals surface area (Å²) in [6.45, 7) is 7.87. The number of hydrogen-bond acceptors (Lipinski definition) is 7. The van der Waals surface area contributed by atoms with E-state index in [0.717, 1.165) is 24.2 Å². The Kier molecular flexibility index (Phi) is 8.62. The molecule has 0 bridgehead atoms. The fourth-order valence-electron chi connectivity index (χ4n) is 4.90. The summed E-state index contributed by atoms with van der Waals surface area (Å²) in [7, 11) is 3.82. The number of hydrogen-bond donors (Lipinski definition) is 1. The molecule has 4 rings (SSSR count). The number of ether oxygens (including phenoxy) is 3. The van der Waals surface area contributed by atoms with Crippen LogP contribution >= 0.6 is 0 Å². The van der Waals surface area contributed by atoms with Gasteiger partial charge < -0.3 is 29.1 Å². The number of likely N-dealkylation sites (tertiary alicyclic amines) is 1. The number of carbonyl (C=O) groups excluding carboxylic acids is 2. The molecule has 1 fully saturated rings. The van der Waals surface area contributed by atoms with Crippen LogP contribution in [0, 0.1) is 0 Å². The minimum absolute atomic E-state index is 0.0501. The number of amides is 1. The van der Waals surface area contributed by atoms with Crippen molar-refractivity contribution in [2.24, 2.45) is 0 Å². The summed E-state index contributed by atoms with van der Waals surface area (Å²) < 4.78 is 17.6. The first-order valence-corrected chi connectivity index (χ1v) is 13.4. The highest BCUT2D eigenvalue weighted by molar-refractivity contribution is 6.46. The fraction of sp³-hybridized carbons (Fsp3) is 0.467. The van der Waals surface area contributed by atoms with Crippen LogP contribution in [0.25, 0.3) is 5.76 Å². The van der Waals surface area contributed by atoms with Gasteiger partial charge in [0, 0.05) is 25.1 Å². The lowest BCUT2D eigenvalue weighted by atomic mass is 9.94. The molecule has 1 amide bonds. The molecule has 2 aromatic carbocycles. The van der Waals surface area contributed by atoms with Crippen molar-refractivity contribution in [2.45, 2.75) is 52.2 Å². The van der Waals surface area contributed by atoms with E-state index in [1.807, 2.05) is 57.1 Å². The number of nitrogens with zero attached hydrogens (tertiary/aromatic N) is 2. The lowest BCUT2D eigenvalue weighted by Gasteiger charge is -2.27. The van der Waals surface area contributed by atoms with E-state index in [9.17, 15) is 14.7 Å². The zero-order chi connectivity index (χ0) is 27.4. The van der Waals surface area contributed by atoms with E-state index in [1.54, 1.807) is 12.1 Å². The van der Waals surface area contributed by atoms with Gasteiger partial charge in [-0.3, -0.25) is 9.59 Å². The summed E-state index contributed by atoms with van der Waals surface area (Å²) in [5.41, 5.74) is 2.20. The van der Waals surface area contributed by atoms with Crippen molar-refractivity contribution in [3.05, 3.63) is 58.7 Å². The van der Waals surface area contributed by atoms with Crippen molar-refractivity contribution in [1.82, 2.24) is 9.80 Å². The van der Waals surface area contributed by atoms with Crippen LogP contribution in [0.5, 0.6) is 17.2 Å². The molecule has 0 unspecified atom stereocenters. The highest BCUT2D eigenvalue weighted by Crippen LogP contribution is 2.42. The van der Waals surface area contributed by atoms with Gasteiger partial charge in [0.25, 0.3) is 11.7 Å². The van der Waals surface area contributed by atoms with E-state index in [0.29, 0.717) is 55.4 Å². The molecule has 0 spiro atoms. The Morgan fingerprint density at radius 1 is 1.11 bits per heavy atom. The zero-order valence-corrected chi connectivity index (χ0v) is 23.0. The monoisotopic (exact) mass is 522 g/mol. The van der Waals surface area contributed by atoms with Crippen LogP contribution in [-0.2, 0) is 16.0 Å². The third-order valence-corrected chi connectivity index (χ3v) is 6.84. The highest BCUT2D eigenvalue weighted by atomic mass is 16.5. The molecule has 204 valence electrons. The lowest BCUT2D eigenvalue weighted by Crippen LogP contribution is -2.35. The molecule has 0 aliphatic carbocycles. The number of benzene rings is 2. The maximum atomic E-state index is 13.4. The number of ketones is 1. The normalized spacial score (nSPS) is 20.1. The first kappa shape index (κ1) is 27.5. The Labute approximate surface area is 224 Å². The van der Waals surface area contributed by atoms with Crippen LogP contribution in [-0.4, -0.2) is 73.1 Å². The van der Waals surface area contributed by atoms with Crippen LogP contribution in [0.1, 0.15) is 56.3 Å². The number of rotatable bonds is 11.